The molecule has 0 atom stereocenters. The van der Waals surface area contributed by atoms with Crippen molar-refractivity contribution in [3.63, 3.8) is 0 Å². The summed E-state index contributed by atoms with van der Waals surface area (Å²) in [7, 11) is -3.07. The molecule has 0 unspecified atom stereocenters. The Labute approximate surface area is 120 Å². The molecule has 2 aromatic heterocycles. The molecule has 0 aliphatic carbocycles. The van der Waals surface area contributed by atoms with Gasteiger partial charge in [-0.05, 0) is 0 Å². The first-order chi connectivity index (χ1) is 9.63. The van der Waals surface area contributed by atoms with E-state index in [1.807, 2.05) is 0 Å². The molecule has 0 saturated carbocycles. The first-order valence-electron chi connectivity index (χ1n) is 4.69. The Kier molecular flexibility index (Phi) is 4.93. The molecule has 0 aliphatic heterocycles. The molecule has 2 heterocycles. The summed E-state index contributed by atoms with van der Waals surface area (Å²) in [5, 5.41) is 3.13. The third kappa shape index (κ3) is 4.53. The predicted octanol–water partition coefficient (Wildman–Crippen LogP) is 2.99. The first kappa shape index (κ1) is 14.3. The van der Waals surface area contributed by atoms with Gasteiger partial charge >= 0.3 is 20.6 Å². The van der Waals surface area contributed by atoms with Gasteiger partial charge in [-0.3, -0.25) is 0 Å². The summed E-state index contributed by atoms with van der Waals surface area (Å²) in [6, 6.07) is 0. The number of nitrogens with zero attached hydrogens (tertiary/aromatic N) is 2. The fraction of sp³-hybridized carbons (Fsp3) is 0. The van der Waals surface area contributed by atoms with Gasteiger partial charge in [-0.15, -0.1) is 9.05 Å². The summed E-state index contributed by atoms with van der Waals surface area (Å²) >= 11 is 2.05. The molecular formula is C8H4N2O7PS2+. The number of rotatable bonds is 4. The highest BCUT2D eigenvalue weighted by Gasteiger charge is 2.34. The maximum Gasteiger partial charge on any atom is 0.818 e. The number of carbonyl (C=O) groups is 2. The van der Waals surface area contributed by atoms with Gasteiger partial charge in [0.15, 0.2) is 0 Å². The molecule has 0 aliphatic rings. The van der Waals surface area contributed by atoms with Crippen molar-refractivity contribution in [1.29, 1.82) is 0 Å². The van der Waals surface area contributed by atoms with Gasteiger partial charge < -0.3 is 9.47 Å². The fourth-order valence-electron chi connectivity index (χ4n) is 0.842. The van der Waals surface area contributed by atoms with Crippen LogP contribution in [-0.4, -0.2) is 22.3 Å². The topological polar surface area (TPSA) is 114 Å². The zero-order chi connectivity index (χ0) is 14.4. The molecular weight excluding hydrogens is 331 g/mol. The van der Waals surface area contributed by atoms with Crippen LogP contribution in [0.1, 0.15) is 0 Å². The van der Waals surface area contributed by atoms with Crippen molar-refractivity contribution >= 4 is 43.2 Å². The normalized spacial score (nSPS) is 9.60. The average molecular weight is 335 g/mol. The summed E-state index contributed by atoms with van der Waals surface area (Å²) in [5.74, 6) is 0. The lowest BCUT2D eigenvalue weighted by Crippen LogP contribution is -2.10. The van der Waals surface area contributed by atoms with E-state index in [1.54, 1.807) is 10.8 Å². The van der Waals surface area contributed by atoms with Crippen LogP contribution >= 0.6 is 30.9 Å². The SMILES string of the molecule is O=C(Oc1nccs1)O[P+](=O)OC(=O)Oc1nccs1. The number of hydrogen-bond donors (Lipinski definition) is 0. The highest BCUT2D eigenvalue weighted by molar-refractivity contribution is 7.34. The van der Waals surface area contributed by atoms with Crippen LogP contribution in [0.4, 0.5) is 9.59 Å². The highest BCUT2D eigenvalue weighted by atomic mass is 32.1. The molecule has 0 spiro atoms. The Morgan fingerprint density at radius 1 is 0.950 bits per heavy atom. The van der Waals surface area contributed by atoms with E-state index < -0.39 is 20.6 Å². The van der Waals surface area contributed by atoms with E-state index in [9.17, 15) is 14.2 Å². The Morgan fingerprint density at radius 3 is 1.75 bits per heavy atom. The van der Waals surface area contributed by atoms with Gasteiger partial charge in [-0.1, -0.05) is 22.7 Å². The lowest BCUT2D eigenvalue weighted by Gasteiger charge is -1.93. The van der Waals surface area contributed by atoms with Crippen molar-refractivity contribution < 1.29 is 32.7 Å². The van der Waals surface area contributed by atoms with Crippen LogP contribution in [0.25, 0.3) is 0 Å². The predicted molar refractivity (Wildman–Crippen MR) is 66.1 cm³/mol. The van der Waals surface area contributed by atoms with Gasteiger partial charge in [-0.2, -0.15) is 9.59 Å². The number of ether oxygens (including phenoxy) is 2. The second-order valence-corrected chi connectivity index (χ2v) is 5.23. The average Bonchev–Trinajstić information content (AvgIpc) is 3.01. The van der Waals surface area contributed by atoms with E-state index >= 15 is 0 Å². The van der Waals surface area contributed by atoms with Crippen molar-refractivity contribution in [2.75, 3.05) is 0 Å². The van der Waals surface area contributed by atoms with E-state index in [0.29, 0.717) is 0 Å². The number of hydrogen-bond acceptors (Lipinski definition) is 11. The molecule has 0 aromatic carbocycles. The van der Waals surface area contributed by atoms with Gasteiger partial charge in [0.2, 0.25) is 0 Å². The quantitative estimate of drug-likeness (QED) is 0.614. The van der Waals surface area contributed by atoms with Gasteiger partial charge in [0.05, 0.1) is 0 Å². The number of carbonyl (C=O) groups excluding carboxylic acids is 2. The Bertz CT molecular complexity index is 548. The lowest BCUT2D eigenvalue weighted by atomic mass is 11.0. The fourth-order valence-corrected chi connectivity index (χ4v) is 2.15. The smallest absolute Gasteiger partial charge is 0.363 e. The Morgan fingerprint density at radius 2 is 1.40 bits per heavy atom. The molecule has 0 amide bonds. The minimum absolute atomic E-state index is 0.00348. The van der Waals surface area contributed by atoms with Gasteiger partial charge in [0.25, 0.3) is 10.4 Å². The van der Waals surface area contributed by atoms with E-state index in [1.165, 1.54) is 12.4 Å². The Hall–Kier alpha value is -2.10. The van der Waals surface area contributed by atoms with E-state index in [2.05, 4.69) is 28.5 Å². The third-order valence-electron chi connectivity index (χ3n) is 1.46. The van der Waals surface area contributed by atoms with E-state index in [0.717, 1.165) is 22.7 Å². The second kappa shape index (κ2) is 6.89. The molecule has 20 heavy (non-hydrogen) atoms. The van der Waals surface area contributed by atoms with Crippen LogP contribution in [0.5, 0.6) is 10.4 Å². The van der Waals surface area contributed by atoms with Crippen LogP contribution < -0.4 is 9.47 Å². The molecule has 12 heteroatoms. The second-order valence-electron chi connectivity index (χ2n) is 2.71. The summed E-state index contributed by atoms with van der Waals surface area (Å²) in [6.45, 7) is 0. The van der Waals surface area contributed by atoms with Crippen molar-refractivity contribution in [1.82, 2.24) is 9.97 Å². The molecule has 104 valence electrons. The maximum absolute atomic E-state index is 11.2. The molecule has 9 nitrogen and oxygen atoms in total. The van der Waals surface area contributed by atoms with Crippen LogP contribution in [0.2, 0.25) is 0 Å². The zero-order valence-corrected chi connectivity index (χ0v) is 11.9. The third-order valence-corrected chi connectivity index (χ3v) is 3.35. The summed E-state index contributed by atoms with van der Waals surface area (Å²) in [5.41, 5.74) is 0. The van der Waals surface area contributed by atoms with Crippen molar-refractivity contribution in [2.45, 2.75) is 0 Å². The molecule has 2 rings (SSSR count). The highest BCUT2D eigenvalue weighted by Crippen LogP contribution is 2.27. The summed E-state index contributed by atoms with van der Waals surface area (Å²) in [4.78, 5) is 29.5. The van der Waals surface area contributed by atoms with Gasteiger partial charge in [0, 0.05) is 27.7 Å². The number of aromatic nitrogens is 2. The molecule has 0 radical (unpaired) electrons. The van der Waals surface area contributed by atoms with Crippen molar-refractivity contribution in [3.8, 4) is 10.4 Å². The van der Waals surface area contributed by atoms with E-state index in [4.69, 9.17) is 0 Å². The van der Waals surface area contributed by atoms with Gasteiger partial charge in [-0.25, -0.2) is 9.97 Å². The maximum atomic E-state index is 11.2. The van der Waals surface area contributed by atoms with E-state index in [-0.39, 0.29) is 10.4 Å². The standard InChI is InChI=1S/C8H4N2O7PS2/c11-7(14-5-9-1-3-19-5)16-18(13)17-8(12)15-6-10-2-4-20-6/h1-4H/q+1. The Balaban J connectivity index is 1.74. The molecule has 0 bridgehead atoms. The summed E-state index contributed by atoms with van der Waals surface area (Å²) < 4.78 is 28.6. The monoisotopic (exact) mass is 335 g/mol. The molecule has 2 aromatic rings. The minimum atomic E-state index is -3.07. The largest absolute Gasteiger partial charge is 0.818 e. The first-order valence-corrected chi connectivity index (χ1v) is 7.55. The molecule has 0 saturated heterocycles. The van der Waals surface area contributed by atoms with Gasteiger partial charge in [0.1, 0.15) is 0 Å². The lowest BCUT2D eigenvalue weighted by molar-refractivity contribution is 0.132. The van der Waals surface area contributed by atoms with Crippen LogP contribution in [-0.2, 0) is 13.6 Å². The minimum Gasteiger partial charge on any atom is -0.363 e. The number of thiazole rings is 2. The zero-order valence-electron chi connectivity index (χ0n) is 9.33. The van der Waals surface area contributed by atoms with Crippen molar-refractivity contribution in [3.05, 3.63) is 23.2 Å². The van der Waals surface area contributed by atoms with Crippen LogP contribution in [0.15, 0.2) is 23.2 Å². The van der Waals surface area contributed by atoms with Crippen LogP contribution in [0, 0.1) is 0 Å². The molecule has 0 fully saturated rings. The van der Waals surface area contributed by atoms with Crippen LogP contribution in [0.3, 0.4) is 0 Å². The molecule has 0 N–H and O–H groups in total. The summed E-state index contributed by atoms with van der Waals surface area (Å²) in [6.07, 6.45) is 0.163. The van der Waals surface area contributed by atoms with Crippen molar-refractivity contribution in [2.24, 2.45) is 0 Å².